The summed E-state index contributed by atoms with van der Waals surface area (Å²) in [5.74, 6) is -0.264. The van der Waals surface area contributed by atoms with Crippen LogP contribution in [0.2, 0.25) is 0 Å². The topological polar surface area (TPSA) is 88.2 Å². The Labute approximate surface area is 172 Å². The van der Waals surface area contributed by atoms with Gasteiger partial charge in [-0.15, -0.1) is 0 Å². The summed E-state index contributed by atoms with van der Waals surface area (Å²) < 4.78 is 11.3. The van der Waals surface area contributed by atoms with Crippen molar-refractivity contribution >= 4 is 40.3 Å². The van der Waals surface area contributed by atoms with Crippen LogP contribution < -0.4 is 14.8 Å². The molecule has 9 heteroatoms. The molecule has 0 radical (unpaired) electrons. The van der Waals surface area contributed by atoms with Gasteiger partial charge in [0.1, 0.15) is 0 Å². The number of carbonyl (C=O) groups is 3. The Morgan fingerprint density at radius 2 is 1.52 bits per heavy atom. The third kappa shape index (κ3) is 5.02. The Morgan fingerprint density at radius 3 is 2.04 bits per heavy atom. The molecule has 1 fully saturated rings. The highest BCUT2D eigenvalue weighted by atomic mass is 127. The Kier molecular flexibility index (Phi) is 7.28. The maximum atomic E-state index is 12.9. The van der Waals surface area contributed by atoms with E-state index in [1.165, 1.54) is 12.0 Å². The lowest BCUT2D eigenvalue weighted by molar-refractivity contribution is -0.147. The van der Waals surface area contributed by atoms with Gasteiger partial charge in [0.15, 0.2) is 11.5 Å². The van der Waals surface area contributed by atoms with Crippen molar-refractivity contribution in [2.75, 3.05) is 40.4 Å². The standard InChI is InChI=1S/C18H24IN3O5/c1-11(2)20-16(23)18(25)22-7-5-21(6-8-22)17(24)12-9-14(26-3)15(27-4)10-13(12)19/h9-11H,5-8H2,1-4H3,(H,20,23). The number of nitrogens with one attached hydrogen (secondary N) is 1. The first-order valence-corrected chi connectivity index (χ1v) is 9.67. The molecule has 0 bridgehead atoms. The maximum Gasteiger partial charge on any atom is 0.312 e. The second kappa shape index (κ2) is 9.25. The number of hydrogen-bond donors (Lipinski definition) is 1. The largest absolute Gasteiger partial charge is 0.493 e. The molecule has 1 aliphatic rings. The summed E-state index contributed by atoms with van der Waals surface area (Å²) in [6.45, 7) is 4.97. The van der Waals surface area contributed by atoms with Gasteiger partial charge in [-0.1, -0.05) is 0 Å². The molecule has 1 aliphatic heterocycles. The average molecular weight is 489 g/mol. The van der Waals surface area contributed by atoms with Gasteiger partial charge in [-0.05, 0) is 48.6 Å². The monoisotopic (exact) mass is 489 g/mol. The summed E-state index contributed by atoms with van der Waals surface area (Å²) >= 11 is 2.09. The van der Waals surface area contributed by atoms with E-state index in [1.54, 1.807) is 38.0 Å². The number of methoxy groups -OCH3 is 2. The van der Waals surface area contributed by atoms with Crippen molar-refractivity contribution in [1.29, 1.82) is 0 Å². The summed E-state index contributed by atoms with van der Waals surface area (Å²) in [4.78, 5) is 40.1. The maximum absolute atomic E-state index is 12.9. The highest BCUT2D eigenvalue weighted by Crippen LogP contribution is 2.32. The first-order valence-electron chi connectivity index (χ1n) is 8.59. The highest BCUT2D eigenvalue weighted by molar-refractivity contribution is 14.1. The number of hydrogen-bond acceptors (Lipinski definition) is 5. The lowest BCUT2D eigenvalue weighted by atomic mass is 10.1. The lowest BCUT2D eigenvalue weighted by Crippen LogP contribution is -2.54. The molecule has 1 N–H and O–H groups in total. The fraction of sp³-hybridized carbons (Fsp3) is 0.500. The second-order valence-corrected chi connectivity index (χ2v) is 7.56. The van der Waals surface area contributed by atoms with Gasteiger partial charge >= 0.3 is 11.8 Å². The summed E-state index contributed by atoms with van der Waals surface area (Å²) in [6.07, 6.45) is 0. The second-order valence-electron chi connectivity index (χ2n) is 6.40. The minimum absolute atomic E-state index is 0.101. The molecule has 0 aromatic heterocycles. The van der Waals surface area contributed by atoms with Gasteiger partial charge in [0.2, 0.25) is 0 Å². The molecule has 1 heterocycles. The number of rotatable bonds is 4. The normalized spacial score (nSPS) is 14.1. The van der Waals surface area contributed by atoms with Gasteiger partial charge in [-0.25, -0.2) is 0 Å². The van der Waals surface area contributed by atoms with Crippen molar-refractivity contribution in [3.8, 4) is 11.5 Å². The van der Waals surface area contributed by atoms with E-state index in [9.17, 15) is 14.4 Å². The van der Waals surface area contributed by atoms with Crippen molar-refractivity contribution in [3.63, 3.8) is 0 Å². The van der Waals surface area contributed by atoms with Gasteiger partial charge in [0, 0.05) is 35.8 Å². The molecule has 0 saturated carbocycles. The van der Waals surface area contributed by atoms with E-state index in [0.29, 0.717) is 43.2 Å². The third-order valence-electron chi connectivity index (χ3n) is 4.17. The molecule has 0 aliphatic carbocycles. The van der Waals surface area contributed by atoms with E-state index in [2.05, 4.69) is 27.9 Å². The van der Waals surface area contributed by atoms with Crippen LogP contribution >= 0.6 is 22.6 Å². The smallest absolute Gasteiger partial charge is 0.312 e. The van der Waals surface area contributed by atoms with Crippen molar-refractivity contribution < 1.29 is 23.9 Å². The fourth-order valence-corrected chi connectivity index (χ4v) is 3.44. The van der Waals surface area contributed by atoms with Crippen LogP contribution in [0.1, 0.15) is 24.2 Å². The molecule has 27 heavy (non-hydrogen) atoms. The number of nitrogens with zero attached hydrogens (tertiary/aromatic N) is 2. The molecule has 1 aromatic rings. The predicted molar refractivity (Wildman–Crippen MR) is 108 cm³/mol. The van der Waals surface area contributed by atoms with Crippen LogP contribution in [0.4, 0.5) is 0 Å². The number of piperazine rings is 1. The van der Waals surface area contributed by atoms with Gasteiger partial charge in [-0.3, -0.25) is 14.4 Å². The predicted octanol–water partition coefficient (Wildman–Crippen LogP) is 1.12. The van der Waals surface area contributed by atoms with Gasteiger partial charge in [0.25, 0.3) is 5.91 Å². The summed E-state index contributed by atoms with van der Waals surface area (Å²) in [6, 6.07) is 3.32. The lowest BCUT2D eigenvalue weighted by Gasteiger charge is -2.34. The van der Waals surface area contributed by atoms with E-state index in [1.807, 2.05) is 0 Å². The molecule has 0 atom stereocenters. The summed E-state index contributed by atoms with van der Waals surface area (Å²) in [5, 5.41) is 2.59. The van der Waals surface area contributed by atoms with Crippen LogP contribution in [0.3, 0.4) is 0 Å². The number of ether oxygens (including phenoxy) is 2. The van der Waals surface area contributed by atoms with E-state index < -0.39 is 11.8 Å². The third-order valence-corrected chi connectivity index (χ3v) is 5.06. The van der Waals surface area contributed by atoms with E-state index in [-0.39, 0.29) is 11.9 Å². The van der Waals surface area contributed by atoms with Crippen LogP contribution in [-0.4, -0.2) is 74.0 Å². The molecule has 1 aromatic carbocycles. The van der Waals surface area contributed by atoms with Gasteiger partial charge < -0.3 is 24.6 Å². The van der Waals surface area contributed by atoms with Crippen LogP contribution in [0, 0.1) is 3.57 Å². The van der Waals surface area contributed by atoms with Crippen molar-refractivity contribution in [1.82, 2.24) is 15.1 Å². The molecular weight excluding hydrogens is 465 g/mol. The van der Waals surface area contributed by atoms with Crippen LogP contribution in [0.25, 0.3) is 0 Å². The van der Waals surface area contributed by atoms with Gasteiger partial charge in [-0.2, -0.15) is 0 Å². The van der Waals surface area contributed by atoms with Crippen LogP contribution in [-0.2, 0) is 9.59 Å². The number of halogens is 1. The zero-order valence-corrected chi connectivity index (χ0v) is 18.0. The van der Waals surface area contributed by atoms with Crippen molar-refractivity contribution in [3.05, 3.63) is 21.3 Å². The number of amides is 3. The summed E-state index contributed by atoms with van der Waals surface area (Å²) in [7, 11) is 3.06. The Morgan fingerprint density at radius 1 is 1.00 bits per heavy atom. The van der Waals surface area contributed by atoms with E-state index in [4.69, 9.17) is 9.47 Å². The Hall–Kier alpha value is -2.04. The zero-order chi connectivity index (χ0) is 20.1. The molecule has 8 nitrogen and oxygen atoms in total. The molecule has 1 saturated heterocycles. The Balaban J connectivity index is 2.05. The zero-order valence-electron chi connectivity index (χ0n) is 15.9. The van der Waals surface area contributed by atoms with Crippen molar-refractivity contribution in [2.45, 2.75) is 19.9 Å². The van der Waals surface area contributed by atoms with Crippen molar-refractivity contribution in [2.24, 2.45) is 0 Å². The average Bonchev–Trinajstić information content (AvgIpc) is 2.66. The molecule has 0 spiro atoms. The summed E-state index contributed by atoms with van der Waals surface area (Å²) in [5.41, 5.74) is 0.519. The molecular formula is C18H24IN3O5. The first kappa shape index (κ1) is 21.3. The van der Waals surface area contributed by atoms with E-state index >= 15 is 0 Å². The molecule has 0 unspecified atom stereocenters. The van der Waals surface area contributed by atoms with Gasteiger partial charge in [0.05, 0.1) is 19.8 Å². The molecule has 2 rings (SSSR count). The van der Waals surface area contributed by atoms with E-state index in [0.717, 1.165) is 3.57 Å². The highest BCUT2D eigenvalue weighted by Gasteiger charge is 2.29. The first-order chi connectivity index (χ1) is 12.8. The number of carbonyl (C=O) groups excluding carboxylic acids is 3. The fourth-order valence-electron chi connectivity index (χ4n) is 2.77. The Bertz CT molecular complexity index is 730. The van der Waals surface area contributed by atoms with Crippen LogP contribution in [0.5, 0.6) is 11.5 Å². The SMILES string of the molecule is COc1cc(I)c(C(=O)N2CCN(C(=O)C(=O)NC(C)C)CC2)cc1OC. The molecule has 148 valence electrons. The number of benzene rings is 1. The minimum Gasteiger partial charge on any atom is -0.493 e. The minimum atomic E-state index is -0.612. The van der Waals surface area contributed by atoms with Crippen LogP contribution in [0.15, 0.2) is 12.1 Å². The molecule has 3 amide bonds. The quantitative estimate of drug-likeness (QED) is 0.506.